The van der Waals surface area contributed by atoms with Gasteiger partial charge in [-0.05, 0) is 30.2 Å². The van der Waals surface area contributed by atoms with Gasteiger partial charge in [0.15, 0.2) is 0 Å². The number of aromatic nitrogens is 2. The minimum Gasteiger partial charge on any atom is -0.388 e. The molecule has 2 N–H and O–H groups in total. The highest BCUT2D eigenvalue weighted by Crippen LogP contribution is 2.30. The van der Waals surface area contributed by atoms with Gasteiger partial charge in [0.1, 0.15) is 5.82 Å². The average molecular weight is 321 g/mol. The summed E-state index contributed by atoms with van der Waals surface area (Å²) in [4.78, 5) is 4.74. The van der Waals surface area contributed by atoms with E-state index in [1.807, 2.05) is 37.4 Å². The van der Waals surface area contributed by atoms with E-state index >= 15 is 0 Å². The molecule has 0 amide bonds. The van der Waals surface area contributed by atoms with Gasteiger partial charge in [-0.2, -0.15) is 0 Å². The number of aryl methyl sites for hydroxylation is 1. The number of fused-ring (bicyclic) bond motifs is 2. The third-order valence-corrected chi connectivity index (χ3v) is 5.10. The van der Waals surface area contributed by atoms with Crippen molar-refractivity contribution >= 4 is 11.0 Å². The van der Waals surface area contributed by atoms with Gasteiger partial charge in [0.2, 0.25) is 0 Å². The van der Waals surface area contributed by atoms with Crippen LogP contribution in [0.4, 0.5) is 0 Å². The number of para-hydroxylation sites is 2. The van der Waals surface area contributed by atoms with Crippen molar-refractivity contribution in [1.29, 1.82) is 0 Å². The molecule has 124 valence electrons. The second-order valence-electron chi connectivity index (χ2n) is 6.97. The Hall–Kier alpha value is -2.17. The molecule has 0 fully saturated rings. The number of aliphatic hydroxyl groups is 1. The summed E-state index contributed by atoms with van der Waals surface area (Å²) in [7, 11) is 2.04. The van der Waals surface area contributed by atoms with Gasteiger partial charge in [-0.1, -0.05) is 36.4 Å². The average Bonchev–Trinajstić information content (AvgIpc) is 3.10. The lowest BCUT2D eigenvalue weighted by atomic mass is 10.00. The number of hydrogen-bond acceptors (Lipinski definition) is 3. The highest BCUT2D eigenvalue weighted by atomic mass is 16.3. The molecule has 0 aliphatic heterocycles. The molecule has 24 heavy (non-hydrogen) atoms. The van der Waals surface area contributed by atoms with Crippen molar-refractivity contribution < 1.29 is 5.11 Å². The lowest BCUT2D eigenvalue weighted by Crippen LogP contribution is -2.42. The quantitative estimate of drug-likeness (QED) is 0.777. The van der Waals surface area contributed by atoms with Gasteiger partial charge in [-0.3, -0.25) is 0 Å². The Morgan fingerprint density at radius 1 is 1.12 bits per heavy atom. The van der Waals surface area contributed by atoms with Crippen LogP contribution < -0.4 is 5.32 Å². The smallest absolute Gasteiger partial charge is 0.126 e. The van der Waals surface area contributed by atoms with Crippen molar-refractivity contribution in [3.8, 4) is 0 Å². The summed E-state index contributed by atoms with van der Waals surface area (Å²) in [5, 5.41) is 14.4. The summed E-state index contributed by atoms with van der Waals surface area (Å²) in [5.74, 6) is 0.996. The maximum atomic E-state index is 10.9. The van der Waals surface area contributed by atoms with Crippen LogP contribution in [0.5, 0.6) is 0 Å². The Balaban J connectivity index is 1.49. The maximum absolute atomic E-state index is 10.9. The molecule has 0 radical (unpaired) electrons. The number of imidazole rings is 1. The molecule has 1 aliphatic carbocycles. The molecule has 4 nitrogen and oxygen atoms in total. The first kappa shape index (κ1) is 15.4. The van der Waals surface area contributed by atoms with Gasteiger partial charge in [0.05, 0.1) is 22.7 Å². The van der Waals surface area contributed by atoms with Crippen LogP contribution in [0.1, 0.15) is 29.9 Å². The van der Waals surface area contributed by atoms with Gasteiger partial charge in [0, 0.05) is 26.4 Å². The van der Waals surface area contributed by atoms with Gasteiger partial charge in [-0.25, -0.2) is 4.98 Å². The van der Waals surface area contributed by atoms with Crippen LogP contribution in [-0.2, 0) is 19.9 Å². The van der Waals surface area contributed by atoms with E-state index in [-0.39, 0.29) is 6.04 Å². The van der Waals surface area contributed by atoms with E-state index in [4.69, 9.17) is 4.98 Å². The first-order valence-corrected chi connectivity index (χ1v) is 8.50. The monoisotopic (exact) mass is 321 g/mol. The van der Waals surface area contributed by atoms with E-state index in [0.717, 1.165) is 16.9 Å². The van der Waals surface area contributed by atoms with E-state index < -0.39 is 5.60 Å². The minimum atomic E-state index is -0.706. The van der Waals surface area contributed by atoms with E-state index in [2.05, 4.69) is 35.0 Å². The molecule has 0 saturated heterocycles. The van der Waals surface area contributed by atoms with Crippen molar-refractivity contribution in [3.05, 3.63) is 65.5 Å². The Morgan fingerprint density at radius 3 is 2.42 bits per heavy atom. The lowest BCUT2D eigenvalue weighted by molar-refractivity contribution is 0.0485. The van der Waals surface area contributed by atoms with Crippen LogP contribution >= 0.6 is 0 Å². The zero-order chi connectivity index (χ0) is 16.7. The van der Waals surface area contributed by atoms with Crippen LogP contribution in [0.3, 0.4) is 0 Å². The first-order chi connectivity index (χ1) is 11.6. The maximum Gasteiger partial charge on any atom is 0.126 e. The van der Waals surface area contributed by atoms with Gasteiger partial charge in [-0.15, -0.1) is 0 Å². The Bertz CT molecular complexity index is 858. The van der Waals surface area contributed by atoms with Gasteiger partial charge in [0.25, 0.3) is 0 Å². The number of benzene rings is 2. The molecule has 1 atom stereocenters. The Kier molecular flexibility index (Phi) is 3.66. The molecule has 0 bridgehead atoms. The molecule has 4 rings (SSSR count). The largest absolute Gasteiger partial charge is 0.388 e. The summed E-state index contributed by atoms with van der Waals surface area (Å²) in [5.41, 5.74) is 3.96. The number of rotatable bonds is 4. The number of nitrogens with zero attached hydrogens (tertiary/aromatic N) is 2. The third-order valence-electron chi connectivity index (χ3n) is 5.10. The van der Waals surface area contributed by atoms with E-state index in [0.29, 0.717) is 19.4 Å². The Morgan fingerprint density at radius 2 is 1.75 bits per heavy atom. The SMILES string of the molecule is CC(NCC1(O)Cc2ccccc2C1)c1nc2ccccc2n1C. The van der Waals surface area contributed by atoms with Crippen molar-refractivity contribution in [2.45, 2.75) is 31.4 Å². The van der Waals surface area contributed by atoms with Crippen molar-refractivity contribution in [3.63, 3.8) is 0 Å². The second kappa shape index (κ2) is 5.72. The highest BCUT2D eigenvalue weighted by Gasteiger charge is 2.35. The van der Waals surface area contributed by atoms with Crippen LogP contribution in [-0.4, -0.2) is 26.8 Å². The predicted molar refractivity (Wildman–Crippen MR) is 95.9 cm³/mol. The number of nitrogens with one attached hydrogen (secondary N) is 1. The molecular formula is C20H23N3O. The fourth-order valence-electron chi connectivity index (χ4n) is 3.78. The van der Waals surface area contributed by atoms with Gasteiger partial charge < -0.3 is 15.0 Å². The molecule has 0 saturated carbocycles. The van der Waals surface area contributed by atoms with Gasteiger partial charge >= 0.3 is 0 Å². The molecular weight excluding hydrogens is 298 g/mol. The van der Waals surface area contributed by atoms with Crippen molar-refractivity contribution in [2.75, 3.05) is 6.54 Å². The summed E-state index contributed by atoms with van der Waals surface area (Å²) < 4.78 is 2.13. The highest BCUT2D eigenvalue weighted by molar-refractivity contribution is 5.75. The van der Waals surface area contributed by atoms with Crippen LogP contribution in [0.2, 0.25) is 0 Å². The molecule has 1 aromatic heterocycles. The molecule has 3 aromatic rings. The molecule has 1 heterocycles. The number of hydrogen-bond donors (Lipinski definition) is 2. The minimum absolute atomic E-state index is 0.0788. The third kappa shape index (κ3) is 2.62. The van der Waals surface area contributed by atoms with Crippen molar-refractivity contribution in [2.24, 2.45) is 7.05 Å². The molecule has 0 spiro atoms. The molecule has 4 heteroatoms. The zero-order valence-corrected chi connectivity index (χ0v) is 14.2. The first-order valence-electron chi connectivity index (χ1n) is 8.50. The molecule has 1 aliphatic rings. The summed E-state index contributed by atoms with van der Waals surface area (Å²) in [6.07, 6.45) is 1.43. The topological polar surface area (TPSA) is 50.1 Å². The Labute approximate surface area is 142 Å². The summed E-state index contributed by atoms with van der Waals surface area (Å²) >= 11 is 0. The van der Waals surface area contributed by atoms with E-state index in [1.165, 1.54) is 11.1 Å². The summed E-state index contributed by atoms with van der Waals surface area (Å²) in [6, 6.07) is 16.5. The standard InChI is InChI=1S/C20H23N3O/c1-14(19-22-17-9-5-6-10-18(17)23(19)2)21-13-20(24)11-15-7-3-4-8-16(15)12-20/h3-10,14,21,24H,11-13H2,1-2H3. The van der Waals surface area contributed by atoms with E-state index in [1.54, 1.807) is 0 Å². The normalized spacial score (nSPS) is 17.1. The van der Waals surface area contributed by atoms with Crippen LogP contribution in [0.25, 0.3) is 11.0 Å². The van der Waals surface area contributed by atoms with Crippen molar-refractivity contribution in [1.82, 2.24) is 14.9 Å². The van der Waals surface area contributed by atoms with Crippen LogP contribution in [0, 0.1) is 0 Å². The lowest BCUT2D eigenvalue weighted by Gasteiger charge is -2.25. The molecule has 2 aromatic carbocycles. The second-order valence-corrected chi connectivity index (χ2v) is 6.97. The fourth-order valence-corrected chi connectivity index (χ4v) is 3.78. The fraction of sp³-hybridized carbons (Fsp3) is 0.350. The zero-order valence-electron chi connectivity index (χ0n) is 14.2. The molecule has 1 unspecified atom stereocenters. The van der Waals surface area contributed by atoms with E-state index in [9.17, 15) is 5.11 Å². The van der Waals surface area contributed by atoms with Crippen LogP contribution in [0.15, 0.2) is 48.5 Å². The summed E-state index contributed by atoms with van der Waals surface area (Å²) in [6.45, 7) is 2.67. The predicted octanol–water partition coefficient (Wildman–Crippen LogP) is 2.75.